The molecule has 0 unspecified atom stereocenters. The van der Waals surface area contributed by atoms with E-state index in [1.54, 1.807) is 35.4 Å². The van der Waals surface area contributed by atoms with Crippen molar-refractivity contribution >= 4 is 23.2 Å². The molecule has 0 fully saturated rings. The molecule has 0 radical (unpaired) electrons. The smallest absolute Gasteiger partial charge is 0.341 e. The average molecular weight is 347 g/mol. The number of amides is 1. The molecule has 0 spiro atoms. The van der Waals surface area contributed by atoms with E-state index in [4.69, 9.17) is 9.84 Å². The zero-order valence-electron chi connectivity index (χ0n) is 14.3. The van der Waals surface area contributed by atoms with Gasteiger partial charge in [0.2, 0.25) is 0 Å². The Kier molecular flexibility index (Phi) is 5.62. The van der Waals surface area contributed by atoms with Gasteiger partial charge in [0, 0.05) is 17.5 Å². The topological polar surface area (TPSA) is 66.8 Å². The lowest BCUT2D eigenvalue weighted by atomic mass is 10.0. The molecule has 0 aliphatic heterocycles. The number of aliphatic carboxylic acids is 1. The van der Waals surface area contributed by atoms with Gasteiger partial charge in [-0.05, 0) is 61.0 Å². The normalized spacial score (nSPS) is 10.5. The highest BCUT2D eigenvalue weighted by atomic mass is 32.1. The third-order valence-corrected chi connectivity index (χ3v) is 4.75. The molecule has 1 aromatic heterocycles. The molecule has 24 heavy (non-hydrogen) atoms. The van der Waals surface area contributed by atoms with Crippen LogP contribution < -0.4 is 4.74 Å². The number of rotatable bonds is 6. The maximum absolute atomic E-state index is 12.7. The Hall–Kier alpha value is -2.34. The monoisotopic (exact) mass is 347 g/mol. The van der Waals surface area contributed by atoms with Crippen molar-refractivity contribution in [2.45, 2.75) is 27.3 Å². The summed E-state index contributed by atoms with van der Waals surface area (Å²) in [7, 11) is 1.78. The summed E-state index contributed by atoms with van der Waals surface area (Å²) < 4.78 is 5.30. The summed E-state index contributed by atoms with van der Waals surface area (Å²) >= 11 is 1.64. The summed E-state index contributed by atoms with van der Waals surface area (Å²) in [6.45, 7) is 5.83. The van der Waals surface area contributed by atoms with Gasteiger partial charge in [-0.2, -0.15) is 0 Å². The number of carboxylic acids is 1. The van der Waals surface area contributed by atoms with Gasteiger partial charge in [0.05, 0.1) is 6.54 Å². The minimum atomic E-state index is -1.03. The van der Waals surface area contributed by atoms with E-state index in [1.165, 1.54) is 10.4 Å². The van der Waals surface area contributed by atoms with E-state index in [0.717, 1.165) is 11.1 Å². The Morgan fingerprint density at radius 3 is 2.29 bits per heavy atom. The second-order valence-electron chi connectivity index (χ2n) is 5.81. The van der Waals surface area contributed by atoms with E-state index < -0.39 is 12.6 Å². The molecule has 128 valence electrons. The van der Waals surface area contributed by atoms with E-state index in [2.05, 4.69) is 0 Å². The molecule has 1 heterocycles. The highest BCUT2D eigenvalue weighted by Crippen LogP contribution is 2.26. The van der Waals surface area contributed by atoms with Crippen LogP contribution in [0.3, 0.4) is 0 Å². The van der Waals surface area contributed by atoms with Gasteiger partial charge in [0.1, 0.15) is 5.75 Å². The second-order valence-corrected chi connectivity index (χ2v) is 6.81. The molecule has 0 aliphatic carbocycles. The van der Waals surface area contributed by atoms with Gasteiger partial charge in [0.15, 0.2) is 6.61 Å². The van der Waals surface area contributed by atoms with Crippen LogP contribution in [0.1, 0.15) is 31.9 Å². The van der Waals surface area contributed by atoms with Crippen molar-refractivity contribution in [2.24, 2.45) is 0 Å². The van der Waals surface area contributed by atoms with Crippen LogP contribution in [0.4, 0.5) is 0 Å². The first-order valence-electron chi connectivity index (χ1n) is 7.54. The first-order chi connectivity index (χ1) is 11.3. The standard InChI is InChI=1S/C18H21NO4S/c1-11-5-6-24-15(11)9-19(4)18(22)14-7-12(2)17(13(3)8-14)23-10-16(20)21/h5-8H,9-10H2,1-4H3,(H,20,21). The van der Waals surface area contributed by atoms with Crippen LogP contribution in [0.15, 0.2) is 23.6 Å². The van der Waals surface area contributed by atoms with Crippen LogP contribution in [-0.2, 0) is 11.3 Å². The Morgan fingerprint density at radius 1 is 1.17 bits per heavy atom. The Morgan fingerprint density at radius 2 is 1.79 bits per heavy atom. The summed E-state index contributed by atoms with van der Waals surface area (Å²) in [5.74, 6) is -0.579. The predicted octanol–water partition coefficient (Wildman–Crippen LogP) is 3.41. The van der Waals surface area contributed by atoms with Gasteiger partial charge < -0.3 is 14.7 Å². The third kappa shape index (κ3) is 4.14. The number of hydrogen-bond donors (Lipinski definition) is 1. The maximum atomic E-state index is 12.7. The lowest BCUT2D eigenvalue weighted by Crippen LogP contribution is -2.26. The van der Waals surface area contributed by atoms with Gasteiger partial charge in [-0.25, -0.2) is 4.79 Å². The summed E-state index contributed by atoms with van der Waals surface area (Å²) in [5, 5.41) is 10.8. The van der Waals surface area contributed by atoms with Crippen molar-refractivity contribution in [3.8, 4) is 5.75 Å². The van der Waals surface area contributed by atoms with Crippen LogP contribution in [0, 0.1) is 20.8 Å². The first kappa shape index (κ1) is 18.0. The number of nitrogens with zero attached hydrogens (tertiary/aromatic N) is 1. The van der Waals surface area contributed by atoms with Crippen LogP contribution >= 0.6 is 11.3 Å². The van der Waals surface area contributed by atoms with Crippen LogP contribution in [0.2, 0.25) is 0 Å². The SMILES string of the molecule is Cc1ccsc1CN(C)C(=O)c1cc(C)c(OCC(=O)O)c(C)c1. The van der Waals surface area contributed by atoms with Crippen molar-refractivity contribution in [3.05, 3.63) is 50.7 Å². The molecule has 0 bridgehead atoms. The average Bonchev–Trinajstić information content (AvgIpc) is 2.90. The summed E-state index contributed by atoms with van der Waals surface area (Å²) in [6.07, 6.45) is 0. The van der Waals surface area contributed by atoms with Crippen LogP contribution in [0.5, 0.6) is 5.75 Å². The van der Waals surface area contributed by atoms with Gasteiger partial charge in [-0.3, -0.25) is 4.79 Å². The molecule has 0 saturated heterocycles. The molecule has 1 amide bonds. The fraction of sp³-hybridized carbons (Fsp3) is 0.333. The second kappa shape index (κ2) is 7.49. The Balaban J connectivity index is 2.17. The van der Waals surface area contributed by atoms with Crippen molar-refractivity contribution in [1.29, 1.82) is 0 Å². The van der Waals surface area contributed by atoms with Gasteiger partial charge in [0.25, 0.3) is 5.91 Å². The molecular weight excluding hydrogens is 326 g/mol. The molecule has 0 aliphatic rings. The fourth-order valence-electron chi connectivity index (χ4n) is 2.51. The summed E-state index contributed by atoms with van der Waals surface area (Å²) in [4.78, 5) is 26.2. The molecule has 2 rings (SSSR count). The minimum absolute atomic E-state index is 0.0706. The van der Waals surface area contributed by atoms with E-state index in [-0.39, 0.29) is 5.91 Å². The number of hydrogen-bond acceptors (Lipinski definition) is 4. The van der Waals surface area contributed by atoms with Crippen molar-refractivity contribution in [3.63, 3.8) is 0 Å². The van der Waals surface area contributed by atoms with Crippen LogP contribution in [-0.4, -0.2) is 35.5 Å². The lowest BCUT2D eigenvalue weighted by Gasteiger charge is -2.19. The fourth-order valence-corrected chi connectivity index (χ4v) is 3.47. The number of thiophene rings is 1. The molecule has 5 nitrogen and oxygen atoms in total. The molecule has 0 atom stereocenters. The van der Waals surface area contributed by atoms with Crippen molar-refractivity contribution in [2.75, 3.05) is 13.7 Å². The lowest BCUT2D eigenvalue weighted by molar-refractivity contribution is -0.139. The quantitative estimate of drug-likeness (QED) is 0.869. The van der Waals surface area contributed by atoms with Gasteiger partial charge in [-0.15, -0.1) is 11.3 Å². The number of aryl methyl sites for hydroxylation is 3. The zero-order valence-corrected chi connectivity index (χ0v) is 15.1. The van der Waals surface area contributed by atoms with Crippen molar-refractivity contribution in [1.82, 2.24) is 4.90 Å². The predicted molar refractivity (Wildman–Crippen MR) is 93.9 cm³/mol. The highest BCUT2D eigenvalue weighted by Gasteiger charge is 2.17. The molecule has 0 saturated carbocycles. The third-order valence-electron chi connectivity index (χ3n) is 3.74. The van der Waals surface area contributed by atoms with E-state index in [9.17, 15) is 9.59 Å². The largest absolute Gasteiger partial charge is 0.481 e. The highest BCUT2D eigenvalue weighted by molar-refractivity contribution is 7.10. The first-order valence-corrected chi connectivity index (χ1v) is 8.41. The molecule has 1 N–H and O–H groups in total. The number of carbonyl (C=O) groups excluding carboxylic acids is 1. The number of benzene rings is 1. The van der Waals surface area contributed by atoms with E-state index in [0.29, 0.717) is 17.9 Å². The Labute approximate surface area is 145 Å². The maximum Gasteiger partial charge on any atom is 0.341 e. The number of carboxylic acid groups (broad SMARTS) is 1. The van der Waals surface area contributed by atoms with Crippen molar-refractivity contribution < 1.29 is 19.4 Å². The van der Waals surface area contributed by atoms with Gasteiger partial charge in [-0.1, -0.05) is 0 Å². The van der Waals surface area contributed by atoms with E-state index in [1.807, 2.05) is 32.2 Å². The zero-order chi connectivity index (χ0) is 17.9. The molecule has 6 heteroatoms. The number of ether oxygens (including phenoxy) is 1. The van der Waals surface area contributed by atoms with E-state index >= 15 is 0 Å². The molecular formula is C18H21NO4S. The summed E-state index contributed by atoms with van der Waals surface area (Å²) in [6, 6.07) is 5.52. The molecule has 2 aromatic rings. The number of carbonyl (C=O) groups is 2. The van der Waals surface area contributed by atoms with Crippen LogP contribution in [0.25, 0.3) is 0 Å². The molecule has 1 aromatic carbocycles. The summed E-state index contributed by atoms with van der Waals surface area (Å²) in [5.41, 5.74) is 3.26. The van der Waals surface area contributed by atoms with Gasteiger partial charge >= 0.3 is 5.97 Å². The minimum Gasteiger partial charge on any atom is -0.481 e. The Bertz CT molecular complexity index is 743.